The molecule has 1 aliphatic heterocycles. The highest BCUT2D eigenvalue weighted by Gasteiger charge is 2.15. The topological polar surface area (TPSA) is 77.7 Å². The number of nitrogens with zero attached hydrogens (tertiary/aromatic N) is 3. The Balaban J connectivity index is 1.40. The van der Waals surface area contributed by atoms with Crippen molar-refractivity contribution in [2.75, 3.05) is 13.8 Å². The predicted molar refractivity (Wildman–Crippen MR) is 103 cm³/mol. The largest absolute Gasteiger partial charge is 0.454 e. The number of carbonyl (C=O) groups is 1. The molecule has 0 unspecified atom stereocenters. The predicted octanol–water partition coefficient (Wildman–Crippen LogP) is 3.79. The zero-order chi connectivity index (χ0) is 19.5. The number of hydrogen-bond donors (Lipinski definition) is 0. The van der Waals surface area contributed by atoms with Crippen LogP contribution in [0.3, 0.4) is 0 Å². The maximum Gasteiger partial charge on any atom is 0.246 e. The van der Waals surface area contributed by atoms with E-state index in [0.717, 1.165) is 5.56 Å². The van der Waals surface area contributed by atoms with Crippen molar-refractivity contribution in [2.24, 2.45) is 0 Å². The van der Waals surface area contributed by atoms with E-state index in [4.69, 9.17) is 25.6 Å². The van der Waals surface area contributed by atoms with Gasteiger partial charge in [-0.05, 0) is 35.9 Å². The van der Waals surface area contributed by atoms with Gasteiger partial charge in [0.05, 0.1) is 11.6 Å². The van der Waals surface area contributed by atoms with Gasteiger partial charge in [0.15, 0.2) is 11.5 Å². The Hall–Kier alpha value is -3.32. The van der Waals surface area contributed by atoms with Crippen LogP contribution in [0.25, 0.3) is 17.5 Å². The van der Waals surface area contributed by atoms with Gasteiger partial charge in [0, 0.05) is 18.7 Å². The van der Waals surface area contributed by atoms with Gasteiger partial charge in [0.1, 0.15) is 0 Å². The lowest BCUT2D eigenvalue weighted by Crippen LogP contribution is -2.24. The molecule has 0 bridgehead atoms. The van der Waals surface area contributed by atoms with Crippen LogP contribution in [0.2, 0.25) is 5.02 Å². The van der Waals surface area contributed by atoms with Crippen molar-refractivity contribution in [1.29, 1.82) is 0 Å². The number of benzene rings is 2. The van der Waals surface area contributed by atoms with Crippen LogP contribution < -0.4 is 9.47 Å². The summed E-state index contributed by atoms with van der Waals surface area (Å²) in [4.78, 5) is 18.1. The molecule has 0 radical (unpaired) electrons. The molecule has 8 heteroatoms. The summed E-state index contributed by atoms with van der Waals surface area (Å²) in [5.41, 5.74) is 1.51. The van der Waals surface area contributed by atoms with E-state index in [1.165, 1.54) is 11.0 Å². The van der Waals surface area contributed by atoms with E-state index in [0.29, 0.717) is 33.8 Å². The molecule has 0 fully saturated rings. The van der Waals surface area contributed by atoms with E-state index >= 15 is 0 Å². The Bertz CT molecular complexity index is 1050. The molecule has 1 aliphatic rings. The normalized spacial score (nSPS) is 12.5. The van der Waals surface area contributed by atoms with Gasteiger partial charge in [-0.25, -0.2) is 0 Å². The first kappa shape index (κ1) is 18.1. The minimum atomic E-state index is -0.199. The number of aromatic nitrogens is 2. The molecular formula is C20H16ClN3O4. The van der Waals surface area contributed by atoms with Gasteiger partial charge >= 0.3 is 0 Å². The lowest BCUT2D eigenvalue weighted by molar-refractivity contribution is -0.125. The number of ether oxygens (including phenoxy) is 2. The SMILES string of the molecule is CN(Cc1nc(-c2ccccc2Cl)no1)C(=O)/C=C/c1ccc2c(c1)OCO2. The summed E-state index contributed by atoms with van der Waals surface area (Å²) in [7, 11) is 1.66. The first-order valence-electron chi connectivity index (χ1n) is 8.50. The fraction of sp³-hybridized carbons (Fsp3) is 0.150. The van der Waals surface area contributed by atoms with Crippen LogP contribution in [-0.2, 0) is 11.3 Å². The van der Waals surface area contributed by atoms with Gasteiger partial charge in [0.2, 0.25) is 24.4 Å². The molecule has 1 aromatic heterocycles. The zero-order valence-corrected chi connectivity index (χ0v) is 15.7. The average Bonchev–Trinajstić information content (AvgIpc) is 3.35. The molecule has 2 heterocycles. The Morgan fingerprint density at radius 1 is 1.21 bits per heavy atom. The van der Waals surface area contributed by atoms with Crippen molar-refractivity contribution >= 4 is 23.6 Å². The van der Waals surface area contributed by atoms with Crippen LogP contribution in [0.4, 0.5) is 0 Å². The van der Waals surface area contributed by atoms with Gasteiger partial charge < -0.3 is 18.9 Å². The van der Waals surface area contributed by atoms with Crippen LogP contribution in [0.1, 0.15) is 11.5 Å². The fourth-order valence-corrected chi connectivity index (χ4v) is 2.88. The molecule has 1 amide bonds. The van der Waals surface area contributed by atoms with E-state index in [1.54, 1.807) is 25.3 Å². The minimum absolute atomic E-state index is 0.182. The third kappa shape index (κ3) is 3.84. The molecule has 0 spiro atoms. The molecule has 0 atom stereocenters. The summed E-state index contributed by atoms with van der Waals surface area (Å²) in [6, 6.07) is 12.7. The quantitative estimate of drug-likeness (QED) is 0.609. The third-order valence-corrected chi connectivity index (χ3v) is 4.48. The standard InChI is InChI=1S/C20H16ClN3O4/c1-24(11-18-22-20(23-28-18)14-4-2-3-5-15(14)21)19(25)9-7-13-6-8-16-17(10-13)27-12-26-16/h2-10H,11-12H2,1H3/b9-7+. The molecule has 7 nitrogen and oxygen atoms in total. The number of halogens is 1. The van der Waals surface area contributed by atoms with Gasteiger partial charge in [-0.3, -0.25) is 4.79 Å². The van der Waals surface area contributed by atoms with E-state index in [1.807, 2.05) is 30.3 Å². The van der Waals surface area contributed by atoms with Crippen molar-refractivity contribution in [3.63, 3.8) is 0 Å². The second-order valence-electron chi connectivity index (χ2n) is 6.13. The molecule has 3 aromatic rings. The molecule has 28 heavy (non-hydrogen) atoms. The van der Waals surface area contributed by atoms with Crippen molar-refractivity contribution in [2.45, 2.75) is 6.54 Å². The maximum atomic E-state index is 12.4. The molecule has 4 rings (SSSR count). The van der Waals surface area contributed by atoms with Crippen LogP contribution in [0.5, 0.6) is 11.5 Å². The van der Waals surface area contributed by atoms with Crippen LogP contribution in [-0.4, -0.2) is 34.8 Å². The number of hydrogen-bond acceptors (Lipinski definition) is 6. The molecule has 0 aliphatic carbocycles. The van der Waals surface area contributed by atoms with E-state index in [9.17, 15) is 4.79 Å². The molecule has 0 N–H and O–H groups in total. The first-order chi connectivity index (χ1) is 13.6. The Morgan fingerprint density at radius 3 is 2.89 bits per heavy atom. The Labute approximate surface area is 166 Å². The second-order valence-corrected chi connectivity index (χ2v) is 6.54. The molecular weight excluding hydrogens is 382 g/mol. The number of amides is 1. The van der Waals surface area contributed by atoms with E-state index in [2.05, 4.69) is 10.1 Å². The molecule has 142 valence electrons. The van der Waals surface area contributed by atoms with Gasteiger partial charge in [-0.15, -0.1) is 0 Å². The number of carbonyl (C=O) groups excluding carboxylic acids is 1. The Kier molecular flexibility index (Phi) is 4.99. The highest BCUT2D eigenvalue weighted by Crippen LogP contribution is 2.32. The lowest BCUT2D eigenvalue weighted by Gasteiger charge is -2.11. The number of likely N-dealkylation sites (N-methyl/N-ethyl adjacent to an activating group) is 1. The number of rotatable bonds is 5. The summed E-state index contributed by atoms with van der Waals surface area (Å²) >= 11 is 6.15. The Morgan fingerprint density at radius 2 is 2.04 bits per heavy atom. The van der Waals surface area contributed by atoms with Crippen molar-refractivity contribution in [3.8, 4) is 22.9 Å². The van der Waals surface area contributed by atoms with Crippen molar-refractivity contribution in [3.05, 3.63) is 65.0 Å². The molecule has 0 saturated heterocycles. The third-order valence-electron chi connectivity index (χ3n) is 4.15. The van der Waals surface area contributed by atoms with Crippen molar-refractivity contribution in [1.82, 2.24) is 15.0 Å². The first-order valence-corrected chi connectivity index (χ1v) is 8.88. The zero-order valence-electron chi connectivity index (χ0n) is 15.0. The summed E-state index contributed by atoms with van der Waals surface area (Å²) in [5.74, 6) is 1.88. The average molecular weight is 398 g/mol. The highest BCUT2D eigenvalue weighted by atomic mass is 35.5. The monoisotopic (exact) mass is 397 g/mol. The van der Waals surface area contributed by atoms with Gasteiger partial charge in [-0.1, -0.05) is 35.0 Å². The van der Waals surface area contributed by atoms with Gasteiger partial charge in [0.25, 0.3) is 0 Å². The maximum absolute atomic E-state index is 12.4. The highest BCUT2D eigenvalue weighted by molar-refractivity contribution is 6.33. The summed E-state index contributed by atoms with van der Waals surface area (Å²) in [6.07, 6.45) is 3.19. The van der Waals surface area contributed by atoms with Crippen molar-refractivity contribution < 1.29 is 18.8 Å². The minimum Gasteiger partial charge on any atom is -0.454 e. The summed E-state index contributed by atoms with van der Waals surface area (Å²) < 4.78 is 15.8. The smallest absolute Gasteiger partial charge is 0.246 e. The van der Waals surface area contributed by atoms with Crippen LogP contribution >= 0.6 is 11.6 Å². The summed E-state index contributed by atoms with van der Waals surface area (Å²) in [5, 5.41) is 4.47. The van der Waals surface area contributed by atoms with Gasteiger partial charge in [-0.2, -0.15) is 4.98 Å². The molecule has 2 aromatic carbocycles. The fourth-order valence-electron chi connectivity index (χ4n) is 2.66. The van der Waals surface area contributed by atoms with Crippen LogP contribution in [0, 0.1) is 0 Å². The summed E-state index contributed by atoms with van der Waals surface area (Å²) in [6.45, 7) is 0.395. The lowest BCUT2D eigenvalue weighted by atomic mass is 10.2. The van der Waals surface area contributed by atoms with Crippen LogP contribution in [0.15, 0.2) is 53.1 Å². The van der Waals surface area contributed by atoms with E-state index < -0.39 is 0 Å². The molecule has 0 saturated carbocycles. The van der Waals surface area contributed by atoms with E-state index in [-0.39, 0.29) is 19.2 Å². The second kappa shape index (κ2) is 7.74. The number of fused-ring (bicyclic) bond motifs is 1.